The molecule has 1 aromatic carbocycles. The van der Waals surface area contributed by atoms with Gasteiger partial charge >= 0.3 is 12.1 Å². The number of nitriles is 1. The molecule has 2 atom stereocenters. The molecule has 0 aliphatic carbocycles. The van der Waals surface area contributed by atoms with Crippen LogP contribution in [0.3, 0.4) is 0 Å². The average Bonchev–Trinajstić information content (AvgIpc) is 3.20. The standard InChI is InChI=1S/C19H23N7O4/c1-11-9-25(10-22-18(28)21-2)17(27)16-7-15(24-26(11)16)13-5-4-12(8-20)6-14(13)23-19(29)30-3/h4-7,11,15,24H,9-10H2,1-3H3,(H,23,29)(H2,21,22,28). The van der Waals surface area contributed by atoms with Gasteiger partial charge in [0.15, 0.2) is 0 Å². The number of fused-ring (bicyclic) bond motifs is 1. The van der Waals surface area contributed by atoms with Gasteiger partial charge in [0, 0.05) is 13.6 Å². The maximum Gasteiger partial charge on any atom is 0.411 e. The second kappa shape index (κ2) is 8.71. The smallest absolute Gasteiger partial charge is 0.411 e. The third-order valence-electron chi connectivity index (χ3n) is 4.89. The normalized spacial score (nSPS) is 20.1. The molecule has 4 N–H and O–H groups in total. The number of benzene rings is 1. The largest absolute Gasteiger partial charge is 0.453 e. The zero-order chi connectivity index (χ0) is 21.8. The summed E-state index contributed by atoms with van der Waals surface area (Å²) >= 11 is 0. The van der Waals surface area contributed by atoms with E-state index in [1.54, 1.807) is 34.2 Å². The summed E-state index contributed by atoms with van der Waals surface area (Å²) in [5.74, 6) is -0.226. The minimum atomic E-state index is -0.661. The van der Waals surface area contributed by atoms with Crippen LogP contribution in [0.15, 0.2) is 30.0 Å². The predicted octanol–water partition coefficient (Wildman–Crippen LogP) is 0.599. The molecular formula is C19H23N7O4. The number of methoxy groups -OCH3 is 1. The van der Waals surface area contributed by atoms with Gasteiger partial charge in [0.1, 0.15) is 5.70 Å². The van der Waals surface area contributed by atoms with Crippen molar-refractivity contribution < 1.29 is 19.1 Å². The van der Waals surface area contributed by atoms with Crippen LogP contribution >= 0.6 is 0 Å². The average molecular weight is 413 g/mol. The first-order valence-corrected chi connectivity index (χ1v) is 9.29. The number of anilines is 1. The van der Waals surface area contributed by atoms with Gasteiger partial charge in [-0.05, 0) is 30.7 Å². The van der Waals surface area contributed by atoms with Crippen LogP contribution in [-0.4, -0.2) is 61.4 Å². The highest BCUT2D eigenvalue weighted by atomic mass is 16.5. The quantitative estimate of drug-likeness (QED) is 0.567. The first kappa shape index (κ1) is 20.9. The zero-order valence-electron chi connectivity index (χ0n) is 16.9. The molecule has 0 aromatic heterocycles. The number of piperazine rings is 1. The molecule has 1 aromatic rings. The molecule has 4 amide bonds. The monoisotopic (exact) mass is 413 g/mol. The van der Waals surface area contributed by atoms with Gasteiger partial charge in [-0.3, -0.25) is 15.1 Å². The molecule has 2 aliphatic rings. The van der Waals surface area contributed by atoms with Crippen molar-refractivity contribution in [2.24, 2.45) is 0 Å². The van der Waals surface area contributed by atoms with Crippen LogP contribution < -0.4 is 21.4 Å². The minimum absolute atomic E-state index is 0.0548. The number of hydrogen-bond acceptors (Lipinski definition) is 7. The number of amides is 4. The number of ether oxygens (including phenoxy) is 1. The maximum atomic E-state index is 12.9. The number of nitrogens with one attached hydrogen (secondary N) is 4. The van der Waals surface area contributed by atoms with Crippen LogP contribution in [0.1, 0.15) is 24.1 Å². The lowest BCUT2D eigenvalue weighted by molar-refractivity contribution is -0.134. The Morgan fingerprint density at radius 1 is 1.40 bits per heavy atom. The highest BCUT2D eigenvalue weighted by Gasteiger charge is 2.39. The summed E-state index contributed by atoms with van der Waals surface area (Å²) in [6.45, 7) is 2.46. The number of hydrazine groups is 1. The predicted molar refractivity (Wildman–Crippen MR) is 107 cm³/mol. The van der Waals surface area contributed by atoms with Crippen LogP contribution in [0, 0.1) is 11.3 Å². The van der Waals surface area contributed by atoms with E-state index < -0.39 is 12.1 Å². The van der Waals surface area contributed by atoms with Crippen molar-refractivity contribution >= 4 is 23.7 Å². The van der Waals surface area contributed by atoms with Gasteiger partial charge in [-0.25, -0.2) is 15.0 Å². The Balaban J connectivity index is 1.87. The van der Waals surface area contributed by atoms with E-state index in [4.69, 9.17) is 5.26 Å². The Morgan fingerprint density at radius 3 is 2.83 bits per heavy atom. The number of nitrogens with zero attached hydrogens (tertiary/aromatic N) is 3. The van der Waals surface area contributed by atoms with Gasteiger partial charge in [0.25, 0.3) is 5.91 Å². The first-order chi connectivity index (χ1) is 14.4. The lowest BCUT2D eigenvalue weighted by Gasteiger charge is -2.39. The van der Waals surface area contributed by atoms with Crippen LogP contribution in [0.4, 0.5) is 15.3 Å². The van der Waals surface area contributed by atoms with Crippen LogP contribution in [0.2, 0.25) is 0 Å². The highest BCUT2D eigenvalue weighted by molar-refractivity contribution is 5.94. The van der Waals surface area contributed by atoms with Crippen molar-refractivity contribution in [3.63, 3.8) is 0 Å². The molecule has 11 heteroatoms. The maximum absolute atomic E-state index is 12.9. The molecule has 2 heterocycles. The van der Waals surface area contributed by atoms with Crippen LogP contribution in [-0.2, 0) is 9.53 Å². The molecule has 0 bridgehead atoms. The topological polar surface area (TPSA) is 139 Å². The molecule has 1 saturated heterocycles. The van der Waals surface area contributed by atoms with Gasteiger partial charge in [0.2, 0.25) is 0 Å². The summed E-state index contributed by atoms with van der Waals surface area (Å²) < 4.78 is 4.66. The molecular weight excluding hydrogens is 390 g/mol. The molecule has 11 nitrogen and oxygen atoms in total. The summed E-state index contributed by atoms with van der Waals surface area (Å²) in [4.78, 5) is 37.6. The number of carbonyl (C=O) groups excluding carboxylic acids is 3. The van der Waals surface area contributed by atoms with E-state index >= 15 is 0 Å². The fourth-order valence-corrected chi connectivity index (χ4v) is 3.40. The lowest BCUT2D eigenvalue weighted by atomic mass is 10.0. The van der Waals surface area contributed by atoms with Crippen molar-refractivity contribution in [2.75, 3.05) is 32.7 Å². The van der Waals surface area contributed by atoms with Gasteiger partial charge in [-0.2, -0.15) is 5.26 Å². The van der Waals surface area contributed by atoms with Crippen LogP contribution in [0.5, 0.6) is 0 Å². The molecule has 158 valence electrons. The van der Waals surface area contributed by atoms with E-state index in [0.29, 0.717) is 29.1 Å². The summed E-state index contributed by atoms with van der Waals surface area (Å²) in [7, 11) is 2.75. The molecule has 3 rings (SSSR count). The Bertz CT molecular complexity index is 939. The molecule has 2 aliphatic heterocycles. The Morgan fingerprint density at radius 2 is 2.17 bits per heavy atom. The van der Waals surface area contributed by atoms with Crippen molar-refractivity contribution in [1.29, 1.82) is 5.26 Å². The Hall–Kier alpha value is -3.78. The van der Waals surface area contributed by atoms with Gasteiger partial charge in [0.05, 0.1) is 43.2 Å². The SMILES string of the molecule is CNC(=O)NCN1CC(C)N2NC(c3ccc(C#N)cc3NC(=O)OC)C=C2C1=O. The number of urea groups is 1. The molecule has 2 unspecified atom stereocenters. The number of hydrogen-bond donors (Lipinski definition) is 4. The van der Waals surface area contributed by atoms with E-state index in [0.717, 1.165) is 0 Å². The van der Waals surface area contributed by atoms with E-state index in [1.165, 1.54) is 14.2 Å². The second-order valence-corrected chi connectivity index (χ2v) is 6.85. The first-order valence-electron chi connectivity index (χ1n) is 9.29. The van der Waals surface area contributed by atoms with Gasteiger partial charge < -0.3 is 20.3 Å². The zero-order valence-corrected chi connectivity index (χ0v) is 16.9. The molecule has 0 saturated carbocycles. The molecule has 1 fully saturated rings. The summed E-state index contributed by atoms with van der Waals surface area (Å²) in [5.41, 5.74) is 5.19. The van der Waals surface area contributed by atoms with E-state index in [-0.39, 0.29) is 24.6 Å². The fourth-order valence-electron chi connectivity index (χ4n) is 3.40. The fraction of sp³-hybridized carbons (Fsp3) is 0.368. The van der Waals surface area contributed by atoms with Gasteiger partial charge in [-0.15, -0.1) is 0 Å². The number of carbonyl (C=O) groups is 3. The highest BCUT2D eigenvalue weighted by Crippen LogP contribution is 2.34. The van der Waals surface area contributed by atoms with Crippen molar-refractivity contribution in [3.05, 3.63) is 41.1 Å². The van der Waals surface area contributed by atoms with Crippen molar-refractivity contribution in [3.8, 4) is 6.07 Å². The van der Waals surface area contributed by atoms with Gasteiger partial charge in [-0.1, -0.05) is 6.07 Å². The van der Waals surface area contributed by atoms with E-state index in [2.05, 4.69) is 26.1 Å². The summed E-state index contributed by atoms with van der Waals surface area (Å²) in [5, 5.41) is 18.6. The third kappa shape index (κ3) is 4.13. The summed E-state index contributed by atoms with van der Waals surface area (Å²) in [6, 6.07) is 6.11. The van der Waals surface area contributed by atoms with Crippen LogP contribution in [0.25, 0.3) is 0 Å². The van der Waals surface area contributed by atoms with Crippen molar-refractivity contribution in [2.45, 2.75) is 19.0 Å². The molecule has 0 spiro atoms. The van der Waals surface area contributed by atoms with E-state index in [1.807, 2.05) is 13.0 Å². The minimum Gasteiger partial charge on any atom is -0.453 e. The molecule has 30 heavy (non-hydrogen) atoms. The second-order valence-electron chi connectivity index (χ2n) is 6.85. The Labute approximate surface area is 173 Å². The Kier molecular flexibility index (Phi) is 6.08. The summed E-state index contributed by atoms with van der Waals surface area (Å²) in [6.07, 6.45) is 1.10. The number of rotatable bonds is 4. The van der Waals surface area contributed by atoms with Crippen molar-refractivity contribution in [1.82, 2.24) is 26.0 Å². The van der Waals surface area contributed by atoms with E-state index in [9.17, 15) is 14.4 Å². The molecule has 0 radical (unpaired) electrons. The third-order valence-corrected chi connectivity index (χ3v) is 4.89. The lowest BCUT2D eigenvalue weighted by Crippen LogP contribution is -2.58.